The maximum Gasteiger partial charge on any atom is 0.340 e. The van der Waals surface area contributed by atoms with E-state index in [2.05, 4.69) is 0 Å². The normalized spacial score (nSPS) is 33.7. The summed E-state index contributed by atoms with van der Waals surface area (Å²) in [5, 5.41) is 80.7. The number of carbonyl (C=O) groups excluding carboxylic acids is 1. The summed E-state index contributed by atoms with van der Waals surface area (Å²) in [6.45, 7) is -1.29. The molecular weight excluding hydrogens is 624 g/mol. The lowest BCUT2D eigenvalue weighted by Gasteiger charge is -2.40. The van der Waals surface area contributed by atoms with Gasteiger partial charge >= 0.3 is 5.97 Å². The molecule has 4 heterocycles. The molecule has 250 valence electrons. The molecule has 3 aromatic carbocycles. The molecular formula is C32H32O15. The zero-order chi connectivity index (χ0) is 33.2. The fraction of sp³-hybridized carbons (Fsp3) is 0.406. The Labute approximate surface area is 266 Å². The average molecular weight is 657 g/mol. The molecule has 4 aliphatic rings. The third-order valence-electron chi connectivity index (χ3n) is 8.86. The zero-order valence-electron chi connectivity index (χ0n) is 24.4. The predicted octanol–water partition coefficient (Wildman–Crippen LogP) is -1.39. The minimum atomic E-state index is -1.67. The Bertz CT molecular complexity index is 1570. The van der Waals surface area contributed by atoms with Gasteiger partial charge in [-0.05, 0) is 30.3 Å². The highest BCUT2D eigenvalue weighted by molar-refractivity contribution is 5.97. The Morgan fingerprint density at radius 1 is 0.617 bits per heavy atom. The number of aliphatic hydroxyl groups is 8. The van der Waals surface area contributed by atoms with Crippen molar-refractivity contribution < 1.29 is 74.1 Å². The van der Waals surface area contributed by atoms with E-state index in [0.717, 1.165) is 0 Å². The maximum atomic E-state index is 13.2. The first-order chi connectivity index (χ1) is 22.6. The number of carbonyl (C=O) groups is 1. The molecule has 0 unspecified atom stereocenters. The van der Waals surface area contributed by atoms with Crippen LogP contribution in [0.15, 0.2) is 60.7 Å². The molecule has 15 nitrogen and oxygen atoms in total. The Balaban J connectivity index is 1.26. The number of aliphatic hydroxyl groups excluding tert-OH is 8. The van der Waals surface area contributed by atoms with Crippen LogP contribution < -0.4 is 14.2 Å². The van der Waals surface area contributed by atoms with Gasteiger partial charge < -0.3 is 69.3 Å². The molecule has 4 aliphatic heterocycles. The highest BCUT2D eigenvalue weighted by atomic mass is 16.7. The van der Waals surface area contributed by atoms with Crippen molar-refractivity contribution in [1.82, 2.24) is 0 Å². The van der Waals surface area contributed by atoms with Gasteiger partial charge in [0.1, 0.15) is 71.8 Å². The van der Waals surface area contributed by atoms with Crippen molar-refractivity contribution in [1.29, 1.82) is 0 Å². The van der Waals surface area contributed by atoms with Crippen molar-refractivity contribution in [2.75, 3.05) is 13.2 Å². The van der Waals surface area contributed by atoms with Crippen molar-refractivity contribution in [3.8, 4) is 23.0 Å². The molecule has 0 aromatic heterocycles. The first-order valence-corrected chi connectivity index (χ1v) is 14.8. The van der Waals surface area contributed by atoms with Crippen molar-refractivity contribution in [2.45, 2.75) is 67.0 Å². The molecule has 0 bridgehead atoms. The van der Waals surface area contributed by atoms with Gasteiger partial charge in [0, 0.05) is 28.8 Å². The van der Waals surface area contributed by atoms with Crippen LogP contribution in [0.2, 0.25) is 0 Å². The van der Waals surface area contributed by atoms with Crippen LogP contribution in [0.4, 0.5) is 0 Å². The number of esters is 1. The SMILES string of the molecule is O=C1OC2(c3ccc(O[C@H]4O[C@@H](CO)[C@H](O)[C@@H](O)[C@@H]4O)cc3Oc3cc(O[C@H]4O[C@@H](CO)[C@H](O)[C@@H](O)[C@@H]4O)ccc32)c2ccccc21. The topological polar surface area (TPSA) is 234 Å². The molecule has 2 saturated heterocycles. The van der Waals surface area contributed by atoms with Crippen LogP contribution in [-0.4, -0.2) is 121 Å². The highest BCUT2D eigenvalue weighted by Crippen LogP contribution is 2.57. The van der Waals surface area contributed by atoms with E-state index in [1.54, 1.807) is 36.4 Å². The number of ether oxygens (including phenoxy) is 6. The van der Waals surface area contributed by atoms with Gasteiger partial charge in [-0.1, -0.05) is 18.2 Å². The average Bonchev–Trinajstić information content (AvgIpc) is 3.37. The van der Waals surface area contributed by atoms with Crippen LogP contribution in [0.25, 0.3) is 0 Å². The third-order valence-corrected chi connectivity index (χ3v) is 8.86. The van der Waals surface area contributed by atoms with Gasteiger partial charge in [-0.2, -0.15) is 0 Å². The smallest absolute Gasteiger partial charge is 0.340 e. The summed E-state index contributed by atoms with van der Waals surface area (Å²) in [4.78, 5) is 13.2. The minimum Gasteiger partial charge on any atom is -0.462 e. The van der Waals surface area contributed by atoms with E-state index in [-0.39, 0.29) is 23.0 Å². The monoisotopic (exact) mass is 656 g/mol. The second kappa shape index (κ2) is 12.0. The fourth-order valence-electron chi connectivity index (χ4n) is 6.38. The lowest BCUT2D eigenvalue weighted by atomic mass is 9.77. The van der Waals surface area contributed by atoms with Crippen LogP contribution in [0.5, 0.6) is 23.0 Å². The van der Waals surface area contributed by atoms with Crippen molar-refractivity contribution in [3.63, 3.8) is 0 Å². The highest BCUT2D eigenvalue weighted by Gasteiger charge is 2.54. The summed E-state index contributed by atoms with van der Waals surface area (Å²) >= 11 is 0. The van der Waals surface area contributed by atoms with Crippen LogP contribution >= 0.6 is 0 Å². The first-order valence-electron chi connectivity index (χ1n) is 14.8. The van der Waals surface area contributed by atoms with E-state index in [1.807, 2.05) is 0 Å². The molecule has 0 radical (unpaired) electrons. The summed E-state index contributed by atoms with van der Waals surface area (Å²) in [5.41, 5.74) is 0.217. The van der Waals surface area contributed by atoms with Crippen molar-refractivity contribution >= 4 is 5.97 Å². The van der Waals surface area contributed by atoms with Gasteiger partial charge in [-0.15, -0.1) is 0 Å². The molecule has 0 saturated carbocycles. The summed E-state index contributed by atoms with van der Waals surface area (Å²) in [7, 11) is 0. The Morgan fingerprint density at radius 3 is 1.60 bits per heavy atom. The number of benzene rings is 3. The van der Waals surface area contributed by atoms with Gasteiger partial charge in [0.05, 0.1) is 18.8 Å². The summed E-state index contributed by atoms with van der Waals surface area (Å²) in [5.74, 6) is -0.0677. The molecule has 1 spiro atoms. The van der Waals surface area contributed by atoms with E-state index in [0.29, 0.717) is 22.3 Å². The molecule has 47 heavy (non-hydrogen) atoms. The Kier molecular flexibility index (Phi) is 8.08. The minimum absolute atomic E-state index is 0.0954. The lowest BCUT2D eigenvalue weighted by molar-refractivity contribution is -0.277. The molecule has 7 rings (SSSR count). The van der Waals surface area contributed by atoms with E-state index in [9.17, 15) is 45.6 Å². The van der Waals surface area contributed by atoms with Gasteiger partial charge in [-0.25, -0.2) is 4.79 Å². The van der Waals surface area contributed by atoms with E-state index < -0.39 is 86.2 Å². The second-order valence-corrected chi connectivity index (χ2v) is 11.7. The molecule has 3 aromatic rings. The van der Waals surface area contributed by atoms with E-state index in [4.69, 9.17) is 28.4 Å². The first kappa shape index (κ1) is 31.7. The number of fused-ring (bicyclic) bond motifs is 6. The predicted molar refractivity (Wildman–Crippen MR) is 153 cm³/mol. The molecule has 2 fully saturated rings. The second-order valence-electron chi connectivity index (χ2n) is 11.7. The number of hydrogen-bond acceptors (Lipinski definition) is 15. The Hall–Kier alpha value is -3.87. The summed E-state index contributed by atoms with van der Waals surface area (Å²) in [6, 6.07) is 16.0. The van der Waals surface area contributed by atoms with Gasteiger partial charge in [0.25, 0.3) is 0 Å². The molecule has 0 aliphatic carbocycles. The van der Waals surface area contributed by atoms with Gasteiger partial charge in [-0.3, -0.25) is 0 Å². The third kappa shape index (κ3) is 5.03. The van der Waals surface area contributed by atoms with Crippen molar-refractivity contribution in [2.24, 2.45) is 0 Å². The quantitative estimate of drug-likeness (QED) is 0.143. The fourth-order valence-corrected chi connectivity index (χ4v) is 6.38. The van der Waals surface area contributed by atoms with Crippen LogP contribution in [0.1, 0.15) is 27.0 Å². The molecule has 15 heteroatoms. The van der Waals surface area contributed by atoms with Crippen LogP contribution in [-0.2, 0) is 19.8 Å². The molecule has 0 amide bonds. The summed E-state index contributed by atoms with van der Waals surface area (Å²) < 4.78 is 35.0. The lowest BCUT2D eigenvalue weighted by Crippen LogP contribution is -2.60. The number of hydrogen-bond donors (Lipinski definition) is 8. The van der Waals surface area contributed by atoms with Crippen LogP contribution in [0, 0.1) is 0 Å². The molecule has 10 atom stereocenters. The van der Waals surface area contributed by atoms with Gasteiger partial charge in [0.2, 0.25) is 12.6 Å². The maximum absolute atomic E-state index is 13.2. The van der Waals surface area contributed by atoms with Gasteiger partial charge in [0.15, 0.2) is 5.60 Å². The zero-order valence-corrected chi connectivity index (χ0v) is 24.4. The largest absolute Gasteiger partial charge is 0.462 e. The van der Waals surface area contributed by atoms with Crippen molar-refractivity contribution in [3.05, 3.63) is 82.9 Å². The number of rotatable bonds is 6. The van der Waals surface area contributed by atoms with E-state index in [1.165, 1.54) is 24.3 Å². The standard InChI is InChI=1S/C32H32O15/c33-11-21-23(35)25(37)27(39)30(45-21)42-13-5-7-17-19(9-13)44-20-10-14(43-31-28(40)26(38)24(36)22(12-34)46-31)6-8-18(20)32(17)16-4-2-1-3-15(16)29(41)47-32/h1-10,21-28,30-31,33-40H,11-12H2/t21-,22-,23-,24-,25+,26+,27-,28-,30-,31-/m0/s1. The van der Waals surface area contributed by atoms with Crippen LogP contribution in [0.3, 0.4) is 0 Å². The molecule has 8 N–H and O–H groups in total. The Morgan fingerprint density at radius 2 is 1.11 bits per heavy atom. The summed E-state index contributed by atoms with van der Waals surface area (Å²) in [6.07, 6.45) is -15.1. The van der Waals surface area contributed by atoms with E-state index >= 15 is 0 Å².